The molecule has 0 saturated carbocycles. The quantitative estimate of drug-likeness (QED) is 0.133. The standard InChI is InChI=1S/C30H33FN4O6S2/c1-6-8-15-34(7-2)43(37,38)23-12-9-21(10-13-23)29(36)35(30-33-24-14-11-22(31)18-27(24)42-30)32-19-20-16-25(39-3)28(41-5)26(17-20)40-4/h9-14,16-19H,6-8,15H2,1-5H3/b32-19+. The molecule has 1 amide bonds. The van der Waals surface area contributed by atoms with Gasteiger partial charge >= 0.3 is 0 Å². The lowest BCUT2D eigenvalue weighted by molar-refractivity contribution is 0.0987. The smallest absolute Gasteiger partial charge is 0.280 e. The lowest BCUT2D eigenvalue weighted by atomic mass is 10.2. The van der Waals surface area contributed by atoms with Crippen LogP contribution < -0.4 is 19.2 Å². The third-order valence-corrected chi connectivity index (χ3v) is 9.56. The minimum absolute atomic E-state index is 0.0879. The molecular weight excluding hydrogens is 595 g/mol. The van der Waals surface area contributed by atoms with Gasteiger partial charge in [0.15, 0.2) is 11.5 Å². The second-order valence-electron chi connectivity index (χ2n) is 9.30. The zero-order chi connectivity index (χ0) is 31.1. The molecule has 4 rings (SSSR count). The number of hydrogen-bond donors (Lipinski definition) is 0. The van der Waals surface area contributed by atoms with Crippen LogP contribution >= 0.6 is 11.3 Å². The molecule has 1 aromatic heterocycles. The van der Waals surface area contributed by atoms with Crippen LogP contribution in [0.25, 0.3) is 10.2 Å². The summed E-state index contributed by atoms with van der Waals surface area (Å²) >= 11 is 1.09. The Bertz CT molecular complexity index is 1700. The maximum atomic E-state index is 13.9. The van der Waals surface area contributed by atoms with Gasteiger partial charge in [-0.3, -0.25) is 4.79 Å². The number of aromatic nitrogens is 1. The van der Waals surface area contributed by atoms with E-state index >= 15 is 0 Å². The first-order valence-corrected chi connectivity index (χ1v) is 15.8. The van der Waals surface area contributed by atoms with Gasteiger partial charge in [0.05, 0.1) is 42.7 Å². The number of carbonyl (C=O) groups excluding carboxylic acids is 1. The Labute approximate surface area is 254 Å². The predicted molar refractivity (Wildman–Crippen MR) is 166 cm³/mol. The number of unbranched alkanes of at least 4 members (excludes halogenated alkanes) is 1. The van der Waals surface area contributed by atoms with Crippen molar-refractivity contribution in [2.75, 3.05) is 39.4 Å². The van der Waals surface area contributed by atoms with Crippen molar-refractivity contribution in [3.8, 4) is 17.2 Å². The first-order valence-electron chi connectivity index (χ1n) is 13.5. The third-order valence-electron chi connectivity index (χ3n) is 6.57. The molecule has 0 aliphatic rings. The van der Waals surface area contributed by atoms with Gasteiger partial charge in [-0.1, -0.05) is 31.6 Å². The molecular formula is C30H33FN4O6S2. The van der Waals surface area contributed by atoms with Crippen molar-refractivity contribution in [1.29, 1.82) is 0 Å². The maximum absolute atomic E-state index is 13.9. The molecule has 0 radical (unpaired) electrons. The molecule has 43 heavy (non-hydrogen) atoms. The fourth-order valence-electron chi connectivity index (χ4n) is 4.29. The number of amides is 1. The highest BCUT2D eigenvalue weighted by molar-refractivity contribution is 7.89. The van der Waals surface area contributed by atoms with E-state index in [0.717, 1.165) is 29.2 Å². The largest absolute Gasteiger partial charge is 0.493 e. The molecule has 0 fully saturated rings. The zero-order valence-corrected chi connectivity index (χ0v) is 26.2. The molecule has 0 unspecified atom stereocenters. The number of benzene rings is 3. The van der Waals surface area contributed by atoms with E-state index in [1.165, 1.54) is 74.3 Å². The molecule has 0 bridgehead atoms. The average molecular weight is 629 g/mol. The normalized spacial score (nSPS) is 11.8. The Kier molecular flexibility index (Phi) is 10.3. The molecule has 0 atom stereocenters. The van der Waals surface area contributed by atoms with Crippen LogP contribution in [-0.2, 0) is 10.0 Å². The molecule has 3 aromatic carbocycles. The summed E-state index contributed by atoms with van der Waals surface area (Å²) in [6.07, 6.45) is 3.04. The van der Waals surface area contributed by atoms with Crippen LogP contribution in [0.1, 0.15) is 42.6 Å². The van der Waals surface area contributed by atoms with Gasteiger partial charge in [0.1, 0.15) is 5.82 Å². The molecule has 13 heteroatoms. The summed E-state index contributed by atoms with van der Waals surface area (Å²) in [4.78, 5) is 18.4. The first-order chi connectivity index (χ1) is 20.7. The highest BCUT2D eigenvalue weighted by atomic mass is 32.2. The monoisotopic (exact) mass is 628 g/mol. The number of rotatable bonds is 13. The van der Waals surface area contributed by atoms with Gasteiger partial charge < -0.3 is 14.2 Å². The molecule has 0 spiro atoms. The van der Waals surface area contributed by atoms with Crippen LogP contribution in [0.3, 0.4) is 0 Å². The number of anilines is 1. The van der Waals surface area contributed by atoms with Gasteiger partial charge in [0.25, 0.3) is 5.91 Å². The number of thiazole rings is 1. The Morgan fingerprint density at radius 2 is 1.67 bits per heavy atom. The molecule has 0 aliphatic carbocycles. The van der Waals surface area contributed by atoms with E-state index in [4.69, 9.17) is 14.2 Å². The zero-order valence-electron chi connectivity index (χ0n) is 24.5. The van der Waals surface area contributed by atoms with Crippen molar-refractivity contribution in [2.45, 2.75) is 31.6 Å². The summed E-state index contributed by atoms with van der Waals surface area (Å²) < 4.78 is 58.4. The van der Waals surface area contributed by atoms with Crippen molar-refractivity contribution in [3.63, 3.8) is 0 Å². The summed E-state index contributed by atoms with van der Waals surface area (Å²) in [6.45, 7) is 4.54. The molecule has 0 N–H and O–H groups in total. The number of nitrogens with zero attached hydrogens (tertiary/aromatic N) is 4. The number of fused-ring (bicyclic) bond motifs is 1. The molecule has 228 valence electrons. The fourth-order valence-corrected chi connectivity index (χ4v) is 6.72. The van der Waals surface area contributed by atoms with Crippen LogP contribution in [0.5, 0.6) is 17.2 Å². The molecule has 10 nitrogen and oxygen atoms in total. The van der Waals surface area contributed by atoms with E-state index in [-0.39, 0.29) is 15.6 Å². The van der Waals surface area contributed by atoms with Gasteiger partial charge in [0, 0.05) is 24.2 Å². The Morgan fingerprint density at radius 1 is 1.00 bits per heavy atom. The highest BCUT2D eigenvalue weighted by Crippen LogP contribution is 2.38. The van der Waals surface area contributed by atoms with Crippen molar-refractivity contribution >= 4 is 48.8 Å². The number of halogens is 1. The predicted octanol–water partition coefficient (Wildman–Crippen LogP) is 5.95. The van der Waals surface area contributed by atoms with Gasteiger partial charge in [-0.15, -0.1) is 0 Å². The van der Waals surface area contributed by atoms with E-state index in [1.54, 1.807) is 19.1 Å². The second kappa shape index (κ2) is 13.9. The van der Waals surface area contributed by atoms with E-state index < -0.39 is 21.7 Å². The summed E-state index contributed by atoms with van der Waals surface area (Å²) in [5.74, 6) is 0.195. The second-order valence-corrected chi connectivity index (χ2v) is 12.3. The summed E-state index contributed by atoms with van der Waals surface area (Å²) in [5.41, 5.74) is 1.21. The Morgan fingerprint density at radius 3 is 2.26 bits per heavy atom. The van der Waals surface area contributed by atoms with Crippen LogP contribution in [0, 0.1) is 5.82 Å². The topological polar surface area (TPSA) is 111 Å². The Balaban J connectivity index is 1.73. The number of ether oxygens (including phenoxy) is 3. The Hall–Kier alpha value is -4.07. The minimum Gasteiger partial charge on any atom is -0.493 e. The molecule has 4 aromatic rings. The summed E-state index contributed by atoms with van der Waals surface area (Å²) in [6, 6.07) is 13.2. The van der Waals surface area contributed by atoms with Crippen LogP contribution in [0.2, 0.25) is 0 Å². The molecule has 0 aliphatic heterocycles. The molecule has 0 saturated heterocycles. The van der Waals surface area contributed by atoms with Gasteiger partial charge in [-0.25, -0.2) is 17.8 Å². The van der Waals surface area contributed by atoms with Crippen LogP contribution in [-0.4, -0.2) is 64.2 Å². The van der Waals surface area contributed by atoms with E-state index in [1.807, 2.05) is 6.92 Å². The lowest BCUT2D eigenvalue weighted by Gasteiger charge is -2.20. The minimum atomic E-state index is -3.73. The van der Waals surface area contributed by atoms with E-state index in [2.05, 4.69) is 10.1 Å². The van der Waals surface area contributed by atoms with Gasteiger partial charge in [-0.2, -0.15) is 14.4 Å². The number of hydrazone groups is 1. The lowest BCUT2D eigenvalue weighted by Crippen LogP contribution is -2.32. The first kappa shape index (κ1) is 31.9. The van der Waals surface area contributed by atoms with Crippen molar-refractivity contribution in [2.24, 2.45) is 5.10 Å². The number of carbonyl (C=O) groups is 1. The average Bonchev–Trinajstić information content (AvgIpc) is 3.43. The third kappa shape index (κ3) is 6.95. The molecule has 1 heterocycles. The summed E-state index contributed by atoms with van der Waals surface area (Å²) in [5, 5.41) is 5.73. The number of hydrogen-bond acceptors (Lipinski definition) is 9. The van der Waals surface area contributed by atoms with Gasteiger partial charge in [-0.05, 0) is 61.0 Å². The number of methoxy groups -OCH3 is 3. The SMILES string of the molecule is CCCCN(CC)S(=O)(=O)c1ccc(C(=O)N(/N=C/c2cc(OC)c(OC)c(OC)c2)c2nc3ccc(F)cc3s2)cc1. The van der Waals surface area contributed by atoms with Crippen LogP contribution in [0.4, 0.5) is 9.52 Å². The van der Waals surface area contributed by atoms with E-state index in [0.29, 0.717) is 46.1 Å². The fraction of sp³-hybridized carbons (Fsp3) is 0.300. The highest BCUT2D eigenvalue weighted by Gasteiger charge is 2.25. The summed E-state index contributed by atoms with van der Waals surface area (Å²) in [7, 11) is 0.742. The number of sulfonamides is 1. The van der Waals surface area contributed by atoms with Crippen molar-refractivity contribution in [3.05, 3.63) is 71.5 Å². The van der Waals surface area contributed by atoms with Crippen molar-refractivity contribution < 1.29 is 31.8 Å². The van der Waals surface area contributed by atoms with Crippen molar-refractivity contribution in [1.82, 2.24) is 9.29 Å². The van der Waals surface area contributed by atoms with Gasteiger partial charge in [0.2, 0.25) is 20.9 Å². The van der Waals surface area contributed by atoms with E-state index in [9.17, 15) is 17.6 Å². The van der Waals surface area contributed by atoms with Crippen LogP contribution in [0.15, 0.2) is 64.6 Å². The maximum Gasteiger partial charge on any atom is 0.280 e.